The normalized spacial score (nSPS) is 13.7. The maximum absolute atomic E-state index is 12.0. The van der Waals surface area contributed by atoms with Gasteiger partial charge in [0.15, 0.2) is 0 Å². The van der Waals surface area contributed by atoms with Crippen molar-refractivity contribution in [2.45, 2.75) is 44.2 Å². The van der Waals surface area contributed by atoms with E-state index in [0.29, 0.717) is 11.6 Å². The first-order valence-corrected chi connectivity index (χ1v) is 8.55. The fraction of sp³-hybridized carbons (Fsp3) is 0.600. The monoisotopic (exact) mass is 330 g/mol. The van der Waals surface area contributed by atoms with Crippen molar-refractivity contribution in [3.8, 4) is 0 Å². The van der Waals surface area contributed by atoms with Crippen molar-refractivity contribution in [2.75, 3.05) is 18.9 Å². The number of likely N-dealkylation sites (N-methyl/N-ethyl adjacent to an activating group) is 1. The number of ether oxygens (including phenoxy) is 1. The molecule has 4 nitrogen and oxygen atoms in total. The Hall–Kier alpha value is -0.780. The quantitative estimate of drug-likeness (QED) is 0.426. The Morgan fingerprint density at radius 3 is 2.90 bits per heavy atom. The molecular weight excluding hydrogens is 308 g/mol. The first kappa shape index (κ1) is 18.3. The SMILES string of the molecule is CCNC(C)(CCCSc1ncccc1Cl)C(=O)OCC. The van der Waals surface area contributed by atoms with Gasteiger partial charge in [0, 0.05) is 6.20 Å². The number of nitrogens with zero attached hydrogens (tertiary/aromatic N) is 1. The summed E-state index contributed by atoms with van der Waals surface area (Å²) in [5.74, 6) is 0.671. The number of halogens is 1. The lowest BCUT2D eigenvalue weighted by Crippen LogP contribution is -2.50. The number of aromatic nitrogens is 1. The molecule has 0 aliphatic heterocycles. The van der Waals surface area contributed by atoms with Crippen LogP contribution in [-0.2, 0) is 9.53 Å². The Balaban J connectivity index is 2.47. The maximum atomic E-state index is 12.0. The highest BCUT2D eigenvalue weighted by molar-refractivity contribution is 7.99. The molecule has 118 valence electrons. The Bertz CT molecular complexity index is 459. The number of hydrogen-bond acceptors (Lipinski definition) is 5. The van der Waals surface area contributed by atoms with E-state index in [1.807, 2.05) is 32.9 Å². The number of rotatable bonds is 9. The van der Waals surface area contributed by atoms with Gasteiger partial charge >= 0.3 is 5.97 Å². The Kier molecular flexibility index (Phi) is 8.07. The molecule has 0 aliphatic carbocycles. The lowest BCUT2D eigenvalue weighted by Gasteiger charge is -2.28. The number of carbonyl (C=O) groups is 1. The molecule has 0 aliphatic rings. The molecule has 0 saturated heterocycles. The average Bonchev–Trinajstić information content (AvgIpc) is 2.46. The first-order chi connectivity index (χ1) is 10.0. The summed E-state index contributed by atoms with van der Waals surface area (Å²) in [6.07, 6.45) is 3.33. The van der Waals surface area contributed by atoms with Crippen LogP contribution >= 0.6 is 23.4 Å². The van der Waals surface area contributed by atoms with E-state index < -0.39 is 5.54 Å². The van der Waals surface area contributed by atoms with Gasteiger partial charge in [-0.05, 0) is 51.1 Å². The van der Waals surface area contributed by atoms with Crippen molar-refractivity contribution in [3.63, 3.8) is 0 Å². The number of hydrogen-bond donors (Lipinski definition) is 1. The zero-order valence-corrected chi connectivity index (χ0v) is 14.4. The molecule has 1 N–H and O–H groups in total. The summed E-state index contributed by atoms with van der Waals surface area (Å²) in [5.41, 5.74) is -0.626. The van der Waals surface area contributed by atoms with E-state index >= 15 is 0 Å². The number of esters is 1. The molecule has 1 unspecified atom stereocenters. The molecule has 0 spiro atoms. The summed E-state index contributed by atoms with van der Waals surface area (Å²) in [5, 5.41) is 4.73. The van der Waals surface area contributed by atoms with Crippen LogP contribution in [0.1, 0.15) is 33.6 Å². The molecule has 1 rings (SSSR count). The lowest BCUT2D eigenvalue weighted by molar-refractivity contribution is -0.150. The van der Waals surface area contributed by atoms with E-state index in [2.05, 4.69) is 10.3 Å². The van der Waals surface area contributed by atoms with Gasteiger partial charge in [0.2, 0.25) is 0 Å². The van der Waals surface area contributed by atoms with Crippen molar-refractivity contribution < 1.29 is 9.53 Å². The minimum absolute atomic E-state index is 0.187. The third-order valence-corrected chi connectivity index (χ3v) is 4.59. The summed E-state index contributed by atoms with van der Waals surface area (Å²) >= 11 is 7.67. The minimum Gasteiger partial charge on any atom is -0.465 e. The highest BCUT2D eigenvalue weighted by Crippen LogP contribution is 2.26. The van der Waals surface area contributed by atoms with Crippen LogP contribution in [0.2, 0.25) is 5.02 Å². The molecule has 0 fully saturated rings. The zero-order chi connectivity index (χ0) is 15.7. The number of thioether (sulfide) groups is 1. The van der Waals surface area contributed by atoms with Crippen molar-refractivity contribution >= 4 is 29.3 Å². The second-order valence-corrected chi connectivity index (χ2v) is 6.32. The van der Waals surface area contributed by atoms with Crippen LogP contribution in [0.15, 0.2) is 23.4 Å². The fourth-order valence-electron chi connectivity index (χ4n) is 2.02. The van der Waals surface area contributed by atoms with E-state index in [1.54, 1.807) is 18.0 Å². The predicted molar refractivity (Wildman–Crippen MR) is 87.9 cm³/mol. The van der Waals surface area contributed by atoms with E-state index in [4.69, 9.17) is 16.3 Å². The highest BCUT2D eigenvalue weighted by atomic mass is 35.5. The molecular formula is C15H23ClN2O2S. The summed E-state index contributed by atoms with van der Waals surface area (Å²) in [6, 6.07) is 3.65. The number of pyridine rings is 1. The van der Waals surface area contributed by atoms with Gasteiger partial charge in [0.05, 0.1) is 11.6 Å². The van der Waals surface area contributed by atoms with Gasteiger partial charge in [0.1, 0.15) is 10.6 Å². The summed E-state index contributed by atoms with van der Waals surface area (Å²) < 4.78 is 5.15. The molecule has 0 radical (unpaired) electrons. The van der Waals surface area contributed by atoms with Crippen molar-refractivity contribution in [2.24, 2.45) is 0 Å². The van der Waals surface area contributed by atoms with Crippen LogP contribution in [0.3, 0.4) is 0 Å². The third-order valence-electron chi connectivity index (χ3n) is 3.08. The van der Waals surface area contributed by atoms with Gasteiger partial charge in [-0.2, -0.15) is 0 Å². The molecule has 0 saturated carbocycles. The molecule has 1 aromatic heterocycles. The fourth-order valence-corrected chi connectivity index (χ4v) is 3.12. The predicted octanol–water partition coefficient (Wildman–Crippen LogP) is 3.54. The zero-order valence-electron chi connectivity index (χ0n) is 12.8. The van der Waals surface area contributed by atoms with Crippen molar-refractivity contribution in [1.29, 1.82) is 0 Å². The van der Waals surface area contributed by atoms with Crippen LogP contribution < -0.4 is 5.32 Å². The topological polar surface area (TPSA) is 51.2 Å². The summed E-state index contributed by atoms with van der Waals surface area (Å²) in [7, 11) is 0. The maximum Gasteiger partial charge on any atom is 0.326 e. The average molecular weight is 331 g/mol. The molecule has 0 amide bonds. The van der Waals surface area contributed by atoms with Gasteiger partial charge in [-0.3, -0.25) is 4.79 Å². The second-order valence-electron chi connectivity index (χ2n) is 4.83. The smallest absolute Gasteiger partial charge is 0.326 e. The molecule has 0 bridgehead atoms. The Morgan fingerprint density at radius 1 is 1.52 bits per heavy atom. The van der Waals surface area contributed by atoms with Crippen molar-refractivity contribution in [3.05, 3.63) is 23.4 Å². The van der Waals surface area contributed by atoms with Crippen LogP contribution in [0, 0.1) is 0 Å². The first-order valence-electron chi connectivity index (χ1n) is 7.19. The van der Waals surface area contributed by atoms with Crippen LogP contribution in [-0.4, -0.2) is 35.4 Å². The Labute approximate surface area is 136 Å². The molecule has 1 atom stereocenters. The molecule has 21 heavy (non-hydrogen) atoms. The molecule has 1 heterocycles. The molecule has 6 heteroatoms. The number of carbonyl (C=O) groups excluding carboxylic acids is 1. The largest absolute Gasteiger partial charge is 0.465 e. The van der Waals surface area contributed by atoms with Gasteiger partial charge in [-0.25, -0.2) is 4.98 Å². The van der Waals surface area contributed by atoms with Crippen LogP contribution in [0.25, 0.3) is 0 Å². The number of nitrogens with one attached hydrogen (secondary N) is 1. The third kappa shape index (κ3) is 5.85. The molecule has 0 aromatic carbocycles. The molecule has 1 aromatic rings. The second kappa shape index (κ2) is 9.28. The summed E-state index contributed by atoms with van der Waals surface area (Å²) in [6.45, 7) is 6.84. The summed E-state index contributed by atoms with van der Waals surface area (Å²) in [4.78, 5) is 16.3. The van der Waals surface area contributed by atoms with Crippen LogP contribution in [0.4, 0.5) is 0 Å². The van der Waals surface area contributed by atoms with E-state index in [-0.39, 0.29) is 5.97 Å². The van der Waals surface area contributed by atoms with Crippen LogP contribution in [0.5, 0.6) is 0 Å². The van der Waals surface area contributed by atoms with E-state index in [9.17, 15) is 4.79 Å². The van der Waals surface area contributed by atoms with E-state index in [1.165, 1.54) is 0 Å². The van der Waals surface area contributed by atoms with Gasteiger partial charge < -0.3 is 10.1 Å². The van der Waals surface area contributed by atoms with Gasteiger partial charge in [0.25, 0.3) is 0 Å². The van der Waals surface area contributed by atoms with Crippen molar-refractivity contribution in [1.82, 2.24) is 10.3 Å². The Morgan fingerprint density at radius 2 is 2.29 bits per heavy atom. The lowest BCUT2D eigenvalue weighted by atomic mass is 9.96. The highest BCUT2D eigenvalue weighted by Gasteiger charge is 2.33. The minimum atomic E-state index is -0.626. The standard InChI is InChI=1S/C15H23ClN2O2S/c1-4-18-15(3,14(19)20-5-2)9-7-11-21-13-12(16)8-6-10-17-13/h6,8,10,18H,4-5,7,9,11H2,1-3H3. The van der Waals surface area contributed by atoms with Gasteiger partial charge in [-0.15, -0.1) is 11.8 Å². The van der Waals surface area contributed by atoms with E-state index in [0.717, 1.165) is 30.2 Å². The van der Waals surface area contributed by atoms with Gasteiger partial charge in [-0.1, -0.05) is 18.5 Å².